The van der Waals surface area contributed by atoms with Crippen LogP contribution in [0.1, 0.15) is 47.4 Å². The summed E-state index contributed by atoms with van der Waals surface area (Å²) in [5.74, 6) is 0. The molecule has 8 aromatic rings. The molecule has 0 aliphatic heterocycles. The van der Waals surface area contributed by atoms with Gasteiger partial charge in [0.2, 0.25) is 0 Å². The van der Waals surface area contributed by atoms with Crippen molar-refractivity contribution in [3.8, 4) is 27.9 Å². The first-order valence-electron chi connectivity index (χ1n) is 16.5. The van der Waals surface area contributed by atoms with E-state index in [1.807, 2.05) is 12.3 Å². The van der Waals surface area contributed by atoms with Crippen molar-refractivity contribution in [3.63, 3.8) is 0 Å². The Morgan fingerprint density at radius 2 is 1.15 bits per heavy atom. The Hall–Kier alpha value is -5.73. The number of para-hydroxylation sites is 1. The second kappa shape index (κ2) is 9.40. The molecule has 2 aromatic heterocycles. The summed E-state index contributed by atoms with van der Waals surface area (Å²) < 4.78 is 2.48. The maximum absolute atomic E-state index is 5.06. The molecule has 2 nitrogen and oxygen atoms in total. The number of aromatic nitrogens is 2. The van der Waals surface area contributed by atoms with E-state index in [2.05, 4.69) is 164 Å². The molecule has 2 aliphatic rings. The van der Waals surface area contributed by atoms with E-state index in [0.717, 1.165) is 5.69 Å². The number of fused-ring (bicyclic) bond motifs is 9. The molecule has 0 saturated heterocycles. The van der Waals surface area contributed by atoms with E-state index in [4.69, 9.17) is 4.98 Å². The minimum Gasteiger partial charge on any atom is -0.309 e. The van der Waals surface area contributed by atoms with Gasteiger partial charge in [-0.2, -0.15) is 0 Å². The fourth-order valence-electron chi connectivity index (χ4n) is 8.86. The molecule has 0 saturated carbocycles. The van der Waals surface area contributed by atoms with E-state index in [-0.39, 0.29) is 5.41 Å². The number of benzene rings is 6. The lowest BCUT2D eigenvalue weighted by atomic mass is 9.69. The molecular formula is C45H32N2. The summed E-state index contributed by atoms with van der Waals surface area (Å²) in [5.41, 5.74) is 15.9. The summed E-state index contributed by atoms with van der Waals surface area (Å²) in [6.45, 7) is 4.72. The third kappa shape index (κ3) is 3.37. The van der Waals surface area contributed by atoms with Gasteiger partial charge < -0.3 is 4.57 Å². The molecule has 0 N–H and O–H groups in total. The van der Waals surface area contributed by atoms with Gasteiger partial charge in [0.25, 0.3) is 0 Å². The Balaban J connectivity index is 1.30. The Morgan fingerprint density at radius 3 is 1.96 bits per heavy atom. The van der Waals surface area contributed by atoms with Gasteiger partial charge in [0.05, 0.1) is 22.1 Å². The van der Waals surface area contributed by atoms with Crippen molar-refractivity contribution in [2.75, 3.05) is 0 Å². The molecule has 1 unspecified atom stereocenters. The molecular weight excluding hydrogens is 569 g/mol. The lowest BCUT2D eigenvalue weighted by Crippen LogP contribution is -2.29. The molecule has 0 fully saturated rings. The van der Waals surface area contributed by atoms with Crippen molar-refractivity contribution in [1.82, 2.24) is 9.55 Å². The van der Waals surface area contributed by atoms with E-state index >= 15 is 0 Å². The van der Waals surface area contributed by atoms with Gasteiger partial charge in [-0.25, -0.2) is 0 Å². The van der Waals surface area contributed by atoms with E-state index in [0.29, 0.717) is 0 Å². The molecule has 2 aliphatic carbocycles. The quantitative estimate of drug-likeness (QED) is 0.197. The van der Waals surface area contributed by atoms with Gasteiger partial charge in [-0.15, -0.1) is 0 Å². The molecule has 0 bridgehead atoms. The predicted octanol–water partition coefficient (Wildman–Crippen LogP) is 10.8. The monoisotopic (exact) mass is 600 g/mol. The Labute approximate surface area is 274 Å². The van der Waals surface area contributed by atoms with Crippen LogP contribution in [0.25, 0.3) is 49.7 Å². The first kappa shape index (κ1) is 26.5. The molecule has 0 radical (unpaired) electrons. The van der Waals surface area contributed by atoms with Crippen molar-refractivity contribution in [1.29, 1.82) is 0 Å². The standard InChI is InChI=1S/C45H32N2/c1-44(2)37-19-9-6-16-31(37)33-24-23-30(26-39(33)44)47-41-21-11-8-18-34(41)36-27-40-35(28-42(36)47)32-17-7-10-20-38(32)45(40,29-14-4-3-5-15-29)43-22-12-13-25-46-43/h3-28H,1-2H3. The van der Waals surface area contributed by atoms with Gasteiger partial charge in [0.1, 0.15) is 0 Å². The van der Waals surface area contributed by atoms with Gasteiger partial charge >= 0.3 is 0 Å². The van der Waals surface area contributed by atoms with Crippen molar-refractivity contribution in [2.24, 2.45) is 0 Å². The van der Waals surface area contributed by atoms with Crippen LogP contribution in [-0.2, 0) is 10.8 Å². The Bertz CT molecular complexity index is 2500. The van der Waals surface area contributed by atoms with Crippen LogP contribution in [0.3, 0.4) is 0 Å². The van der Waals surface area contributed by atoms with Gasteiger partial charge in [-0.05, 0) is 92.5 Å². The van der Waals surface area contributed by atoms with Gasteiger partial charge in [-0.3, -0.25) is 4.98 Å². The van der Waals surface area contributed by atoms with E-state index in [1.54, 1.807) is 0 Å². The van der Waals surface area contributed by atoms with Crippen LogP contribution in [0.2, 0.25) is 0 Å². The average Bonchev–Trinajstić information content (AvgIpc) is 3.69. The summed E-state index contributed by atoms with van der Waals surface area (Å²) in [4.78, 5) is 5.06. The van der Waals surface area contributed by atoms with Crippen LogP contribution in [0, 0.1) is 0 Å². The fraction of sp³-hybridized carbons (Fsp3) is 0.0889. The van der Waals surface area contributed by atoms with Gasteiger partial charge in [-0.1, -0.05) is 123 Å². The highest BCUT2D eigenvalue weighted by molar-refractivity contribution is 6.12. The third-order valence-corrected chi connectivity index (χ3v) is 10.9. The molecule has 10 rings (SSSR count). The van der Waals surface area contributed by atoms with Crippen LogP contribution in [0.15, 0.2) is 158 Å². The van der Waals surface area contributed by atoms with Crippen molar-refractivity contribution in [2.45, 2.75) is 24.7 Å². The lowest BCUT2D eigenvalue weighted by Gasteiger charge is -2.32. The fourth-order valence-corrected chi connectivity index (χ4v) is 8.86. The van der Waals surface area contributed by atoms with Crippen LogP contribution in [0.4, 0.5) is 0 Å². The molecule has 0 spiro atoms. The normalized spacial score (nSPS) is 17.0. The smallest absolute Gasteiger partial charge is 0.0886 e. The highest BCUT2D eigenvalue weighted by Crippen LogP contribution is 2.57. The molecule has 47 heavy (non-hydrogen) atoms. The van der Waals surface area contributed by atoms with E-state index in [9.17, 15) is 0 Å². The second-order valence-corrected chi connectivity index (χ2v) is 13.5. The predicted molar refractivity (Wildman–Crippen MR) is 193 cm³/mol. The maximum Gasteiger partial charge on any atom is 0.0886 e. The molecule has 2 heteroatoms. The first-order chi connectivity index (χ1) is 23.1. The zero-order valence-electron chi connectivity index (χ0n) is 26.4. The minimum atomic E-state index is -0.533. The van der Waals surface area contributed by atoms with E-state index in [1.165, 1.54) is 77.6 Å². The Kier molecular flexibility index (Phi) is 5.30. The number of pyridine rings is 1. The summed E-state index contributed by atoms with van der Waals surface area (Å²) in [6, 6.07) is 55.9. The first-order valence-corrected chi connectivity index (χ1v) is 16.5. The number of hydrogen-bond donors (Lipinski definition) is 0. The summed E-state index contributed by atoms with van der Waals surface area (Å²) in [7, 11) is 0. The minimum absolute atomic E-state index is 0.0706. The van der Waals surface area contributed by atoms with Crippen LogP contribution in [-0.4, -0.2) is 9.55 Å². The SMILES string of the molecule is CC1(C)c2ccccc2-c2ccc(-n3c4ccccc4c4cc5c(cc43)-c3ccccc3C5(c3ccccc3)c3ccccn3)cc21. The topological polar surface area (TPSA) is 17.8 Å². The number of hydrogen-bond acceptors (Lipinski definition) is 1. The lowest BCUT2D eigenvalue weighted by molar-refractivity contribution is 0.660. The van der Waals surface area contributed by atoms with Crippen molar-refractivity contribution < 1.29 is 0 Å². The molecule has 1 atom stereocenters. The zero-order chi connectivity index (χ0) is 31.3. The Morgan fingerprint density at radius 1 is 0.468 bits per heavy atom. The van der Waals surface area contributed by atoms with Crippen LogP contribution in [0.5, 0.6) is 0 Å². The molecule has 222 valence electrons. The highest BCUT2D eigenvalue weighted by atomic mass is 15.0. The third-order valence-electron chi connectivity index (χ3n) is 10.9. The molecule has 0 amide bonds. The van der Waals surface area contributed by atoms with Crippen LogP contribution < -0.4 is 0 Å². The maximum atomic E-state index is 5.06. The number of nitrogens with zero attached hydrogens (tertiary/aromatic N) is 2. The van der Waals surface area contributed by atoms with Gasteiger partial charge in [0.15, 0.2) is 0 Å². The average molecular weight is 601 g/mol. The van der Waals surface area contributed by atoms with Crippen molar-refractivity contribution >= 4 is 21.8 Å². The summed E-state index contributed by atoms with van der Waals surface area (Å²) >= 11 is 0. The zero-order valence-corrected chi connectivity index (χ0v) is 26.4. The molecule has 6 aromatic carbocycles. The highest BCUT2D eigenvalue weighted by Gasteiger charge is 2.47. The van der Waals surface area contributed by atoms with E-state index < -0.39 is 5.41 Å². The molecule has 2 heterocycles. The van der Waals surface area contributed by atoms with Crippen LogP contribution >= 0.6 is 0 Å². The summed E-state index contributed by atoms with van der Waals surface area (Å²) in [6.07, 6.45) is 1.93. The summed E-state index contributed by atoms with van der Waals surface area (Å²) in [5, 5.41) is 2.51. The van der Waals surface area contributed by atoms with Gasteiger partial charge in [0, 0.05) is 28.1 Å². The second-order valence-electron chi connectivity index (χ2n) is 13.5. The van der Waals surface area contributed by atoms with Crippen molar-refractivity contribution in [3.05, 3.63) is 191 Å². The number of rotatable bonds is 3. The largest absolute Gasteiger partial charge is 0.309 e.